The van der Waals surface area contributed by atoms with E-state index in [-0.39, 0.29) is 34.9 Å². The van der Waals surface area contributed by atoms with Crippen LogP contribution in [0.5, 0.6) is 0 Å². The smallest absolute Gasteiger partial charge is 0.337 e. The van der Waals surface area contributed by atoms with E-state index in [9.17, 15) is 14.0 Å². The van der Waals surface area contributed by atoms with Gasteiger partial charge in [-0.05, 0) is 29.9 Å². The Morgan fingerprint density at radius 1 is 1.33 bits per heavy atom. The number of nitrogens with one attached hydrogen (secondary N) is 1. The summed E-state index contributed by atoms with van der Waals surface area (Å²) < 4.78 is 13.7. The van der Waals surface area contributed by atoms with Crippen molar-refractivity contribution in [1.29, 1.82) is 0 Å². The fourth-order valence-electron chi connectivity index (χ4n) is 2.45. The van der Waals surface area contributed by atoms with Crippen molar-refractivity contribution < 1.29 is 19.1 Å². The first-order chi connectivity index (χ1) is 9.60. The molecule has 1 atom stereocenters. The summed E-state index contributed by atoms with van der Waals surface area (Å²) in [6.45, 7) is 8.20. The molecule has 2 N–H and O–H groups in total. The van der Waals surface area contributed by atoms with E-state index in [4.69, 9.17) is 5.11 Å². The van der Waals surface area contributed by atoms with Gasteiger partial charge in [0.25, 0.3) is 0 Å². The second-order valence-electron chi connectivity index (χ2n) is 6.59. The fourth-order valence-corrected chi connectivity index (χ4v) is 2.45. The third-order valence-electron chi connectivity index (χ3n) is 3.00. The molecule has 0 radical (unpaired) electrons. The molecule has 0 spiro atoms. The van der Waals surface area contributed by atoms with E-state index >= 15 is 0 Å². The minimum Gasteiger partial charge on any atom is -0.478 e. The number of hydrogen-bond donors (Lipinski definition) is 2. The summed E-state index contributed by atoms with van der Waals surface area (Å²) >= 11 is 0. The number of aromatic carboxylic acids is 1. The summed E-state index contributed by atoms with van der Waals surface area (Å²) in [5.41, 5.74) is -0.408. The van der Waals surface area contributed by atoms with Crippen molar-refractivity contribution in [3.05, 3.63) is 29.6 Å². The van der Waals surface area contributed by atoms with E-state index in [0.717, 1.165) is 12.5 Å². The topological polar surface area (TPSA) is 66.4 Å². The number of amides is 1. The second-order valence-corrected chi connectivity index (χ2v) is 6.59. The van der Waals surface area contributed by atoms with Crippen LogP contribution in [0.15, 0.2) is 18.2 Å². The van der Waals surface area contributed by atoms with Crippen molar-refractivity contribution in [1.82, 2.24) is 0 Å². The number of hydrogen-bond acceptors (Lipinski definition) is 2. The van der Waals surface area contributed by atoms with Gasteiger partial charge in [0.1, 0.15) is 5.82 Å². The molecule has 0 saturated heterocycles. The molecule has 0 aliphatic carbocycles. The number of carbonyl (C=O) groups is 2. The van der Waals surface area contributed by atoms with Gasteiger partial charge < -0.3 is 10.4 Å². The third kappa shape index (κ3) is 5.53. The van der Waals surface area contributed by atoms with Crippen molar-refractivity contribution >= 4 is 17.6 Å². The van der Waals surface area contributed by atoms with Crippen LogP contribution in [-0.2, 0) is 4.79 Å². The van der Waals surface area contributed by atoms with E-state index in [1.165, 1.54) is 12.1 Å². The van der Waals surface area contributed by atoms with Crippen LogP contribution < -0.4 is 5.32 Å². The van der Waals surface area contributed by atoms with E-state index < -0.39 is 11.8 Å². The SMILES string of the molecule is CC(CC(=O)Nc1c(F)cccc1C(=O)O)CC(C)(C)C. The molecule has 1 aromatic rings. The molecule has 1 rings (SSSR count). The Bertz CT molecular complexity index is 535. The number of carboxylic acid groups (broad SMARTS) is 1. The summed E-state index contributed by atoms with van der Waals surface area (Å²) in [6.07, 6.45) is 1.08. The largest absolute Gasteiger partial charge is 0.478 e. The molecule has 116 valence electrons. The molecule has 0 bridgehead atoms. The Hall–Kier alpha value is -1.91. The van der Waals surface area contributed by atoms with Gasteiger partial charge >= 0.3 is 5.97 Å². The molecule has 0 saturated carbocycles. The average Bonchev–Trinajstić information content (AvgIpc) is 2.28. The molecule has 1 aromatic carbocycles. The maximum absolute atomic E-state index is 13.7. The van der Waals surface area contributed by atoms with Crippen LogP contribution in [0.4, 0.5) is 10.1 Å². The molecule has 0 aromatic heterocycles. The number of halogens is 1. The van der Waals surface area contributed by atoms with Gasteiger partial charge in [-0.15, -0.1) is 0 Å². The Kier molecular flexibility index (Phi) is 5.47. The lowest BCUT2D eigenvalue weighted by molar-refractivity contribution is -0.117. The molecule has 0 aliphatic rings. The van der Waals surface area contributed by atoms with Crippen LogP contribution in [0.25, 0.3) is 0 Å². The molecule has 0 fully saturated rings. The maximum Gasteiger partial charge on any atom is 0.337 e. The zero-order valence-electron chi connectivity index (χ0n) is 12.9. The monoisotopic (exact) mass is 295 g/mol. The molecule has 0 heterocycles. The molecular weight excluding hydrogens is 273 g/mol. The molecule has 21 heavy (non-hydrogen) atoms. The molecule has 5 heteroatoms. The Balaban J connectivity index is 2.78. The lowest BCUT2D eigenvalue weighted by atomic mass is 9.84. The van der Waals surface area contributed by atoms with Gasteiger partial charge in [0.05, 0.1) is 11.3 Å². The quantitative estimate of drug-likeness (QED) is 0.865. The number of carbonyl (C=O) groups excluding carboxylic acids is 1. The average molecular weight is 295 g/mol. The van der Waals surface area contributed by atoms with Gasteiger partial charge in [-0.1, -0.05) is 33.8 Å². The van der Waals surface area contributed by atoms with E-state index in [1.54, 1.807) is 0 Å². The van der Waals surface area contributed by atoms with Crippen molar-refractivity contribution in [2.45, 2.75) is 40.5 Å². The second kappa shape index (κ2) is 6.70. The standard InChI is InChI=1S/C16H22FNO3/c1-10(9-16(2,3)4)8-13(19)18-14-11(15(20)21)6-5-7-12(14)17/h5-7,10H,8-9H2,1-4H3,(H,18,19)(H,20,21). The summed E-state index contributed by atoms with van der Waals surface area (Å²) in [5.74, 6) is -2.26. The molecule has 4 nitrogen and oxygen atoms in total. The molecule has 0 aliphatic heterocycles. The van der Waals surface area contributed by atoms with Gasteiger partial charge in [-0.3, -0.25) is 4.79 Å². The van der Waals surface area contributed by atoms with Crippen LogP contribution in [0, 0.1) is 17.2 Å². The van der Waals surface area contributed by atoms with Crippen LogP contribution >= 0.6 is 0 Å². The van der Waals surface area contributed by atoms with Crippen LogP contribution in [-0.4, -0.2) is 17.0 Å². The molecule has 1 unspecified atom stereocenters. The highest BCUT2D eigenvalue weighted by Gasteiger charge is 2.20. The lowest BCUT2D eigenvalue weighted by Crippen LogP contribution is -2.20. The van der Waals surface area contributed by atoms with Gasteiger partial charge in [0.15, 0.2) is 0 Å². The first-order valence-electron chi connectivity index (χ1n) is 6.92. The van der Waals surface area contributed by atoms with Gasteiger partial charge in [0, 0.05) is 6.42 Å². The van der Waals surface area contributed by atoms with Crippen LogP contribution in [0.3, 0.4) is 0 Å². The lowest BCUT2D eigenvalue weighted by Gasteiger charge is -2.23. The highest BCUT2D eigenvalue weighted by Crippen LogP contribution is 2.27. The molecular formula is C16H22FNO3. The summed E-state index contributed by atoms with van der Waals surface area (Å²) in [5, 5.41) is 11.4. The van der Waals surface area contributed by atoms with Crippen molar-refractivity contribution in [2.75, 3.05) is 5.32 Å². The number of carboxylic acids is 1. The summed E-state index contributed by atoms with van der Waals surface area (Å²) in [4.78, 5) is 23.0. The normalized spacial score (nSPS) is 12.8. The van der Waals surface area contributed by atoms with Crippen molar-refractivity contribution in [3.8, 4) is 0 Å². The summed E-state index contributed by atoms with van der Waals surface area (Å²) in [6, 6.07) is 3.69. The highest BCUT2D eigenvalue weighted by atomic mass is 19.1. The number of rotatable bonds is 5. The predicted octanol–water partition coefficient (Wildman–Crippen LogP) is 3.92. The van der Waals surface area contributed by atoms with Gasteiger partial charge in [0.2, 0.25) is 5.91 Å². The Morgan fingerprint density at radius 3 is 2.48 bits per heavy atom. The maximum atomic E-state index is 13.7. The van der Waals surface area contributed by atoms with Crippen LogP contribution in [0.1, 0.15) is 50.9 Å². The number of benzene rings is 1. The predicted molar refractivity (Wildman–Crippen MR) is 79.8 cm³/mol. The third-order valence-corrected chi connectivity index (χ3v) is 3.00. The van der Waals surface area contributed by atoms with E-state index in [1.807, 2.05) is 6.92 Å². The zero-order chi connectivity index (χ0) is 16.2. The van der Waals surface area contributed by atoms with E-state index in [0.29, 0.717) is 0 Å². The Morgan fingerprint density at radius 2 is 1.95 bits per heavy atom. The first-order valence-corrected chi connectivity index (χ1v) is 6.92. The fraction of sp³-hybridized carbons (Fsp3) is 0.500. The number of para-hydroxylation sites is 1. The van der Waals surface area contributed by atoms with Crippen molar-refractivity contribution in [3.63, 3.8) is 0 Å². The minimum atomic E-state index is -1.27. The van der Waals surface area contributed by atoms with Crippen LogP contribution in [0.2, 0.25) is 0 Å². The highest BCUT2D eigenvalue weighted by molar-refractivity contribution is 6.00. The van der Waals surface area contributed by atoms with Gasteiger partial charge in [-0.25, -0.2) is 9.18 Å². The first kappa shape index (κ1) is 17.1. The summed E-state index contributed by atoms with van der Waals surface area (Å²) in [7, 11) is 0. The number of anilines is 1. The van der Waals surface area contributed by atoms with E-state index in [2.05, 4.69) is 26.1 Å². The minimum absolute atomic E-state index is 0.101. The zero-order valence-corrected chi connectivity index (χ0v) is 12.9. The Labute approximate surface area is 124 Å². The van der Waals surface area contributed by atoms with Gasteiger partial charge in [-0.2, -0.15) is 0 Å². The van der Waals surface area contributed by atoms with Crippen molar-refractivity contribution in [2.24, 2.45) is 11.3 Å². The molecule has 1 amide bonds.